The predicted octanol–water partition coefficient (Wildman–Crippen LogP) is 2.16. The van der Waals surface area contributed by atoms with Crippen LogP contribution < -0.4 is 10.6 Å². The van der Waals surface area contributed by atoms with Crippen molar-refractivity contribution >= 4 is 30.7 Å². The summed E-state index contributed by atoms with van der Waals surface area (Å²) < 4.78 is 5.79. The number of ether oxygens (including phenoxy) is 1. The quantitative estimate of drug-likeness (QED) is 0.628. The van der Waals surface area contributed by atoms with Crippen LogP contribution in [0, 0.1) is 0 Å². The minimum atomic E-state index is 0. The number of morpholine rings is 1. The van der Waals surface area contributed by atoms with E-state index < -0.39 is 0 Å². The van der Waals surface area contributed by atoms with Crippen LogP contribution in [-0.2, 0) is 11.3 Å². The predicted molar refractivity (Wildman–Crippen MR) is 122 cm³/mol. The molecule has 1 aromatic rings. The fourth-order valence-electron chi connectivity index (χ4n) is 3.97. The van der Waals surface area contributed by atoms with Crippen LogP contribution in [0.3, 0.4) is 0 Å². The van der Waals surface area contributed by atoms with Crippen LogP contribution in [0.4, 0.5) is 0 Å². The van der Waals surface area contributed by atoms with Crippen molar-refractivity contribution in [1.29, 1.82) is 0 Å². The standard InChI is InChI=1S/C21H34N4O2.2ClH/c1-17-14-25(15-18(2)27-17)16-19-4-6-20(7-5-19)21(26)23-8-3-11-24-12-9-22-10-13-24;;/h4-7,17-18,22H,3,8-16H2,1-2H3,(H,23,26);2*1H. The Bertz CT molecular complexity index is 587. The molecule has 0 bridgehead atoms. The number of halogens is 2. The lowest BCUT2D eigenvalue weighted by molar-refractivity contribution is -0.0704. The van der Waals surface area contributed by atoms with Gasteiger partial charge in [-0.05, 0) is 44.5 Å². The molecule has 2 saturated heterocycles. The lowest BCUT2D eigenvalue weighted by Gasteiger charge is -2.35. The molecular weight excluding hydrogens is 411 g/mol. The Morgan fingerprint density at radius 1 is 1.07 bits per heavy atom. The highest BCUT2D eigenvalue weighted by Gasteiger charge is 2.22. The third kappa shape index (κ3) is 8.79. The fourth-order valence-corrected chi connectivity index (χ4v) is 3.97. The monoisotopic (exact) mass is 446 g/mol. The molecule has 0 spiro atoms. The van der Waals surface area contributed by atoms with Gasteiger partial charge in [0.2, 0.25) is 0 Å². The summed E-state index contributed by atoms with van der Waals surface area (Å²) in [6.07, 6.45) is 1.55. The molecule has 0 radical (unpaired) electrons. The summed E-state index contributed by atoms with van der Waals surface area (Å²) >= 11 is 0. The number of piperazine rings is 1. The second kappa shape index (κ2) is 13.4. The Hall–Kier alpha value is -0.890. The minimum absolute atomic E-state index is 0. The first kappa shape index (κ1) is 26.1. The average molecular weight is 447 g/mol. The molecule has 0 aromatic heterocycles. The Balaban J connectivity index is 0.00000210. The third-order valence-electron chi connectivity index (χ3n) is 5.26. The SMILES string of the molecule is CC1CN(Cc2ccc(C(=O)NCCCN3CCNCC3)cc2)CC(C)O1.Cl.Cl. The zero-order chi connectivity index (χ0) is 19.1. The van der Waals surface area contributed by atoms with Gasteiger partial charge in [-0.15, -0.1) is 24.8 Å². The Labute approximate surface area is 187 Å². The first-order valence-corrected chi connectivity index (χ1v) is 10.3. The van der Waals surface area contributed by atoms with Crippen LogP contribution in [0.25, 0.3) is 0 Å². The largest absolute Gasteiger partial charge is 0.373 e. The first-order chi connectivity index (χ1) is 13.1. The maximum atomic E-state index is 12.3. The highest BCUT2D eigenvalue weighted by molar-refractivity contribution is 5.94. The van der Waals surface area contributed by atoms with Crippen molar-refractivity contribution in [2.24, 2.45) is 0 Å². The summed E-state index contributed by atoms with van der Waals surface area (Å²) in [7, 11) is 0. The van der Waals surface area contributed by atoms with Crippen molar-refractivity contribution in [3.63, 3.8) is 0 Å². The van der Waals surface area contributed by atoms with E-state index in [-0.39, 0.29) is 42.9 Å². The molecule has 0 aliphatic carbocycles. The van der Waals surface area contributed by atoms with Crippen molar-refractivity contribution < 1.29 is 9.53 Å². The molecule has 166 valence electrons. The van der Waals surface area contributed by atoms with E-state index in [9.17, 15) is 4.79 Å². The highest BCUT2D eigenvalue weighted by atomic mass is 35.5. The molecule has 29 heavy (non-hydrogen) atoms. The van der Waals surface area contributed by atoms with Gasteiger partial charge in [-0.1, -0.05) is 12.1 Å². The van der Waals surface area contributed by atoms with Crippen LogP contribution in [0.15, 0.2) is 24.3 Å². The number of amides is 1. The summed E-state index contributed by atoms with van der Waals surface area (Å²) in [4.78, 5) is 17.2. The van der Waals surface area contributed by atoms with Crippen molar-refractivity contribution in [1.82, 2.24) is 20.4 Å². The van der Waals surface area contributed by atoms with E-state index in [0.29, 0.717) is 0 Å². The maximum absolute atomic E-state index is 12.3. The van der Waals surface area contributed by atoms with E-state index in [1.54, 1.807) is 0 Å². The molecule has 2 N–H and O–H groups in total. The lowest BCUT2D eigenvalue weighted by atomic mass is 10.1. The Kier molecular flexibility index (Phi) is 12.1. The van der Waals surface area contributed by atoms with E-state index in [4.69, 9.17) is 4.74 Å². The summed E-state index contributed by atoms with van der Waals surface area (Å²) in [5, 5.41) is 6.40. The minimum Gasteiger partial charge on any atom is -0.373 e. The summed E-state index contributed by atoms with van der Waals surface area (Å²) in [5.41, 5.74) is 1.98. The first-order valence-electron chi connectivity index (χ1n) is 10.3. The van der Waals surface area contributed by atoms with Gasteiger partial charge in [0.25, 0.3) is 5.91 Å². The van der Waals surface area contributed by atoms with E-state index in [0.717, 1.165) is 70.9 Å². The summed E-state index contributed by atoms with van der Waals surface area (Å²) in [6.45, 7) is 13.2. The van der Waals surface area contributed by atoms with Crippen molar-refractivity contribution in [3.05, 3.63) is 35.4 Å². The molecule has 1 amide bonds. The van der Waals surface area contributed by atoms with Gasteiger partial charge in [0.05, 0.1) is 12.2 Å². The van der Waals surface area contributed by atoms with E-state index in [1.165, 1.54) is 5.56 Å². The number of hydrogen-bond donors (Lipinski definition) is 2. The van der Waals surface area contributed by atoms with Gasteiger partial charge in [0.1, 0.15) is 0 Å². The van der Waals surface area contributed by atoms with Crippen LogP contribution in [0.5, 0.6) is 0 Å². The molecule has 2 aliphatic rings. The van der Waals surface area contributed by atoms with Crippen molar-refractivity contribution in [2.75, 3.05) is 52.4 Å². The smallest absolute Gasteiger partial charge is 0.251 e. The van der Waals surface area contributed by atoms with Gasteiger partial charge in [-0.3, -0.25) is 9.69 Å². The number of carbonyl (C=O) groups is 1. The normalized spacial score (nSPS) is 23.0. The third-order valence-corrected chi connectivity index (χ3v) is 5.26. The molecule has 0 saturated carbocycles. The Morgan fingerprint density at radius 3 is 2.31 bits per heavy atom. The zero-order valence-corrected chi connectivity index (χ0v) is 19.2. The summed E-state index contributed by atoms with van der Waals surface area (Å²) in [6, 6.07) is 8.02. The zero-order valence-electron chi connectivity index (χ0n) is 17.6. The lowest BCUT2D eigenvalue weighted by Crippen LogP contribution is -2.44. The average Bonchev–Trinajstić information content (AvgIpc) is 2.66. The van der Waals surface area contributed by atoms with E-state index in [2.05, 4.69) is 46.4 Å². The molecule has 2 fully saturated rings. The van der Waals surface area contributed by atoms with Crippen LogP contribution >= 0.6 is 24.8 Å². The molecule has 6 nitrogen and oxygen atoms in total. The van der Waals surface area contributed by atoms with Crippen LogP contribution in [-0.4, -0.2) is 80.3 Å². The molecule has 1 aromatic carbocycles. The van der Waals surface area contributed by atoms with Gasteiger partial charge in [0, 0.05) is 57.9 Å². The molecule has 2 unspecified atom stereocenters. The molecule has 2 aliphatic heterocycles. The second-order valence-corrected chi connectivity index (χ2v) is 7.85. The highest BCUT2D eigenvalue weighted by Crippen LogP contribution is 2.14. The van der Waals surface area contributed by atoms with E-state index >= 15 is 0 Å². The molecule has 3 rings (SSSR count). The second-order valence-electron chi connectivity index (χ2n) is 7.85. The molecule has 2 heterocycles. The van der Waals surface area contributed by atoms with Crippen molar-refractivity contribution in [2.45, 2.75) is 39.0 Å². The number of nitrogens with zero attached hydrogens (tertiary/aromatic N) is 2. The van der Waals surface area contributed by atoms with Gasteiger partial charge in [0.15, 0.2) is 0 Å². The Morgan fingerprint density at radius 2 is 1.69 bits per heavy atom. The van der Waals surface area contributed by atoms with E-state index in [1.807, 2.05) is 12.1 Å². The fraction of sp³-hybridized carbons (Fsp3) is 0.667. The van der Waals surface area contributed by atoms with Gasteiger partial charge in [-0.2, -0.15) is 0 Å². The molecule has 2 atom stereocenters. The molecular formula is C21H36Cl2N4O2. The van der Waals surface area contributed by atoms with Gasteiger partial charge < -0.3 is 20.3 Å². The summed E-state index contributed by atoms with van der Waals surface area (Å²) in [5.74, 6) is 0.0236. The number of benzene rings is 1. The van der Waals surface area contributed by atoms with Crippen molar-refractivity contribution in [3.8, 4) is 0 Å². The number of hydrogen-bond acceptors (Lipinski definition) is 5. The van der Waals surface area contributed by atoms with Gasteiger partial charge in [-0.25, -0.2) is 0 Å². The number of rotatable bonds is 7. The van der Waals surface area contributed by atoms with Gasteiger partial charge >= 0.3 is 0 Å². The number of nitrogens with one attached hydrogen (secondary N) is 2. The number of carbonyl (C=O) groups excluding carboxylic acids is 1. The van der Waals surface area contributed by atoms with Crippen LogP contribution in [0.2, 0.25) is 0 Å². The topological polar surface area (TPSA) is 56.8 Å². The maximum Gasteiger partial charge on any atom is 0.251 e. The van der Waals surface area contributed by atoms with Crippen LogP contribution in [0.1, 0.15) is 36.2 Å². The molecule has 8 heteroatoms.